The molecule has 1 heterocycles. The molecule has 5 heteroatoms. The number of amides is 1. The summed E-state index contributed by atoms with van der Waals surface area (Å²) >= 11 is 0. The SMILES string of the molecule is Cc1ccc(NC(=O)c2cnc(NCc3ccccc3)nc2)cc1. The molecule has 0 radical (unpaired) electrons. The summed E-state index contributed by atoms with van der Waals surface area (Å²) in [5.41, 5.74) is 3.45. The first kappa shape index (κ1) is 15.7. The van der Waals surface area contributed by atoms with E-state index in [1.54, 1.807) is 0 Å². The van der Waals surface area contributed by atoms with Gasteiger partial charge in [-0.25, -0.2) is 9.97 Å². The van der Waals surface area contributed by atoms with Gasteiger partial charge in [0.15, 0.2) is 0 Å². The van der Waals surface area contributed by atoms with Gasteiger partial charge in [0.25, 0.3) is 5.91 Å². The summed E-state index contributed by atoms with van der Waals surface area (Å²) in [6.45, 7) is 2.64. The van der Waals surface area contributed by atoms with Crippen LogP contribution in [0.15, 0.2) is 67.0 Å². The minimum atomic E-state index is -0.228. The van der Waals surface area contributed by atoms with Crippen LogP contribution in [0.3, 0.4) is 0 Å². The largest absolute Gasteiger partial charge is 0.350 e. The Labute approximate surface area is 140 Å². The van der Waals surface area contributed by atoms with Crippen LogP contribution in [0.25, 0.3) is 0 Å². The van der Waals surface area contributed by atoms with Crippen molar-refractivity contribution < 1.29 is 4.79 Å². The van der Waals surface area contributed by atoms with E-state index in [0.717, 1.165) is 16.8 Å². The van der Waals surface area contributed by atoms with Gasteiger partial charge in [-0.3, -0.25) is 4.79 Å². The minimum absolute atomic E-state index is 0.228. The van der Waals surface area contributed by atoms with E-state index in [1.165, 1.54) is 12.4 Å². The Morgan fingerprint density at radius 1 is 0.958 bits per heavy atom. The van der Waals surface area contributed by atoms with E-state index in [-0.39, 0.29) is 5.91 Å². The third-order valence-electron chi connectivity index (χ3n) is 3.52. The minimum Gasteiger partial charge on any atom is -0.350 e. The zero-order valence-electron chi connectivity index (χ0n) is 13.4. The van der Waals surface area contributed by atoms with Gasteiger partial charge in [-0.1, -0.05) is 48.0 Å². The van der Waals surface area contributed by atoms with Crippen molar-refractivity contribution >= 4 is 17.5 Å². The molecule has 3 aromatic rings. The molecule has 0 aliphatic heterocycles. The molecular formula is C19H18N4O. The number of hydrogen-bond donors (Lipinski definition) is 2. The molecule has 5 nitrogen and oxygen atoms in total. The van der Waals surface area contributed by atoms with Crippen molar-refractivity contribution in [3.63, 3.8) is 0 Å². The number of hydrogen-bond acceptors (Lipinski definition) is 4. The second kappa shape index (κ2) is 7.37. The van der Waals surface area contributed by atoms with Crippen LogP contribution in [0.2, 0.25) is 0 Å². The van der Waals surface area contributed by atoms with Crippen LogP contribution in [0.5, 0.6) is 0 Å². The molecule has 0 aliphatic rings. The summed E-state index contributed by atoms with van der Waals surface area (Å²) in [7, 11) is 0. The van der Waals surface area contributed by atoms with Crippen LogP contribution in [0.4, 0.5) is 11.6 Å². The van der Waals surface area contributed by atoms with E-state index in [9.17, 15) is 4.79 Å². The Balaban J connectivity index is 1.59. The predicted octanol–water partition coefficient (Wildman–Crippen LogP) is 3.65. The average Bonchev–Trinajstić information content (AvgIpc) is 2.63. The summed E-state index contributed by atoms with van der Waals surface area (Å²) in [5, 5.41) is 5.95. The van der Waals surface area contributed by atoms with Crippen molar-refractivity contribution in [2.45, 2.75) is 13.5 Å². The highest BCUT2D eigenvalue weighted by Gasteiger charge is 2.07. The molecule has 0 bridgehead atoms. The average molecular weight is 318 g/mol. The lowest BCUT2D eigenvalue weighted by Crippen LogP contribution is -2.13. The van der Waals surface area contributed by atoms with Gasteiger partial charge in [0.1, 0.15) is 0 Å². The standard InChI is InChI=1S/C19H18N4O/c1-14-7-9-17(10-8-14)23-18(24)16-12-21-19(22-13-16)20-11-15-5-3-2-4-6-15/h2-10,12-13H,11H2,1H3,(H,23,24)(H,20,21,22). The summed E-state index contributed by atoms with van der Waals surface area (Å²) in [6.07, 6.45) is 3.04. The topological polar surface area (TPSA) is 66.9 Å². The van der Waals surface area contributed by atoms with Gasteiger partial charge in [0.2, 0.25) is 5.95 Å². The van der Waals surface area contributed by atoms with E-state index in [1.807, 2.05) is 61.5 Å². The Hall–Kier alpha value is -3.21. The fraction of sp³-hybridized carbons (Fsp3) is 0.105. The van der Waals surface area contributed by atoms with E-state index >= 15 is 0 Å². The van der Waals surface area contributed by atoms with Crippen molar-refractivity contribution in [2.75, 3.05) is 10.6 Å². The van der Waals surface area contributed by atoms with Crippen LogP contribution >= 0.6 is 0 Å². The van der Waals surface area contributed by atoms with E-state index in [2.05, 4.69) is 20.6 Å². The quantitative estimate of drug-likeness (QED) is 0.753. The fourth-order valence-corrected chi connectivity index (χ4v) is 2.15. The van der Waals surface area contributed by atoms with Crippen molar-refractivity contribution in [2.24, 2.45) is 0 Å². The number of aromatic nitrogens is 2. The smallest absolute Gasteiger partial charge is 0.258 e. The summed E-state index contributed by atoms with van der Waals surface area (Å²) in [5.74, 6) is 0.263. The van der Waals surface area contributed by atoms with Crippen molar-refractivity contribution in [3.05, 3.63) is 83.7 Å². The zero-order chi connectivity index (χ0) is 16.8. The first-order chi connectivity index (χ1) is 11.7. The molecule has 1 aromatic heterocycles. The number of rotatable bonds is 5. The van der Waals surface area contributed by atoms with Crippen molar-refractivity contribution in [1.82, 2.24) is 9.97 Å². The molecule has 0 unspecified atom stereocenters. The van der Waals surface area contributed by atoms with Crippen LogP contribution in [-0.2, 0) is 6.54 Å². The lowest BCUT2D eigenvalue weighted by molar-refractivity contribution is 0.102. The Morgan fingerprint density at radius 3 is 2.29 bits per heavy atom. The molecule has 0 atom stereocenters. The van der Waals surface area contributed by atoms with Gasteiger partial charge in [-0.2, -0.15) is 0 Å². The van der Waals surface area contributed by atoms with Crippen LogP contribution < -0.4 is 10.6 Å². The Morgan fingerprint density at radius 2 is 1.62 bits per heavy atom. The molecule has 0 saturated heterocycles. The van der Waals surface area contributed by atoms with E-state index in [4.69, 9.17) is 0 Å². The summed E-state index contributed by atoms with van der Waals surface area (Å²) < 4.78 is 0. The maximum Gasteiger partial charge on any atom is 0.258 e. The number of nitrogens with zero attached hydrogens (tertiary/aromatic N) is 2. The highest BCUT2D eigenvalue weighted by molar-refractivity contribution is 6.03. The molecule has 2 N–H and O–H groups in total. The first-order valence-electron chi connectivity index (χ1n) is 7.68. The Bertz CT molecular complexity index is 799. The van der Waals surface area contributed by atoms with Crippen LogP contribution in [0.1, 0.15) is 21.5 Å². The molecule has 0 saturated carbocycles. The van der Waals surface area contributed by atoms with E-state index < -0.39 is 0 Å². The van der Waals surface area contributed by atoms with E-state index in [0.29, 0.717) is 18.1 Å². The normalized spacial score (nSPS) is 10.2. The Kier molecular flexibility index (Phi) is 4.81. The third kappa shape index (κ3) is 4.16. The number of carbonyl (C=O) groups is 1. The molecule has 120 valence electrons. The van der Waals surface area contributed by atoms with Crippen LogP contribution in [-0.4, -0.2) is 15.9 Å². The maximum atomic E-state index is 12.2. The van der Waals surface area contributed by atoms with Gasteiger partial charge < -0.3 is 10.6 Å². The molecule has 24 heavy (non-hydrogen) atoms. The maximum absolute atomic E-state index is 12.2. The third-order valence-corrected chi connectivity index (χ3v) is 3.52. The molecule has 0 spiro atoms. The number of aryl methyl sites for hydroxylation is 1. The number of nitrogens with one attached hydrogen (secondary N) is 2. The van der Waals surface area contributed by atoms with Gasteiger partial charge in [-0.05, 0) is 24.6 Å². The zero-order valence-corrected chi connectivity index (χ0v) is 13.4. The number of carbonyl (C=O) groups excluding carboxylic acids is 1. The van der Waals surface area contributed by atoms with Gasteiger partial charge in [0, 0.05) is 24.6 Å². The molecule has 1 amide bonds. The molecule has 3 rings (SSSR count). The lowest BCUT2D eigenvalue weighted by atomic mass is 10.2. The molecule has 2 aromatic carbocycles. The van der Waals surface area contributed by atoms with Gasteiger partial charge in [0.05, 0.1) is 5.56 Å². The predicted molar refractivity (Wildman–Crippen MR) is 94.9 cm³/mol. The summed E-state index contributed by atoms with van der Waals surface area (Å²) in [6, 6.07) is 17.6. The fourth-order valence-electron chi connectivity index (χ4n) is 2.15. The van der Waals surface area contributed by atoms with Crippen molar-refractivity contribution in [3.8, 4) is 0 Å². The lowest BCUT2D eigenvalue weighted by Gasteiger charge is -2.07. The number of anilines is 2. The monoisotopic (exact) mass is 318 g/mol. The van der Waals surface area contributed by atoms with Gasteiger partial charge in [-0.15, -0.1) is 0 Å². The van der Waals surface area contributed by atoms with Crippen molar-refractivity contribution in [1.29, 1.82) is 0 Å². The second-order valence-electron chi connectivity index (χ2n) is 5.45. The highest BCUT2D eigenvalue weighted by atomic mass is 16.1. The van der Waals surface area contributed by atoms with Gasteiger partial charge >= 0.3 is 0 Å². The molecular weight excluding hydrogens is 300 g/mol. The second-order valence-corrected chi connectivity index (χ2v) is 5.45. The molecule has 0 fully saturated rings. The highest BCUT2D eigenvalue weighted by Crippen LogP contribution is 2.11. The molecule has 0 aliphatic carbocycles. The first-order valence-corrected chi connectivity index (χ1v) is 7.68. The number of benzene rings is 2. The summed E-state index contributed by atoms with van der Waals surface area (Å²) in [4.78, 5) is 20.6. The van der Waals surface area contributed by atoms with Crippen LogP contribution in [0, 0.1) is 6.92 Å².